The lowest BCUT2D eigenvalue weighted by Crippen LogP contribution is -2.26. The number of hydrogen-bond acceptors (Lipinski definition) is 2. The number of rotatable bonds is 2. The molecule has 156 valence electrons. The first-order valence-electron chi connectivity index (χ1n) is 11.0. The van der Waals surface area contributed by atoms with Crippen molar-refractivity contribution in [3.05, 3.63) is 57.6 Å². The molecular weight excluding hydrogens is 356 g/mol. The Morgan fingerprint density at radius 1 is 0.655 bits per heavy atom. The highest BCUT2D eigenvalue weighted by Crippen LogP contribution is 2.59. The van der Waals surface area contributed by atoms with Gasteiger partial charge in [0.15, 0.2) is 0 Å². The Morgan fingerprint density at radius 2 is 1.03 bits per heavy atom. The second-order valence-corrected chi connectivity index (χ2v) is 10.9. The first-order chi connectivity index (χ1) is 13.5. The van der Waals surface area contributed by atoms with Crippen molar-refractivity contribution < 1.29 is 9.47 Å². The van der Waals surface area contributed by atoms with E-state index in [1.54, 1.807) is 0 Å². The molecule has 0 amide bonds. The summed E-state index contributed by atoms with van der Waals surface area (Å²) in [5.41, 5.74) is 8.46. The SMILES string of the molecule is COc1c(C(C)(C)C)ccc2c1C1(CC2)CCc2ccc(C(C)(C)C)c(OC)c21. The fraction of sp³-hybridized carbons (Fsp3) is 0.556. The van der Waals surface area contributed by atoms with Crippen LogP contribution in [0.2, 0.25) is 0 Å². The highest BCUT2D eigenvalue weighted by molar-refractivity contribution is 5.66. The van der Waals surface area contributed by atoms with E-state index >= 15 is 0 Å². The molecule has 2 aliphatic rings. The van der Waals surface area contributed by atoms with Gasteiger partial charge in [0.25, 0.3) is 0 Å². The van der Waals surface area contributed by atoms with Crippen LogP contribution in [0.3, 0.4) is 0 Å². The van der Waals surface area contributed by atoms with Gasteiger partial charge in [0.1, 0.15) is 11.5 Å². The van der Waals surface area contributed by atoms with Gasteiger partial charge >= 0.3 is 0 Å². The molecule has 2 aromatic carbocycles. The summed E-state index contributed by atoms with van der Waals surface area (Å²) in [5, 5.41) is 0. The second-order valence-electron chi connectivity index (χ2n) is 10.9. The largest absolute Gasteiger partial charge is 0.496 e. The lowest BCUT2D eigenvalue weighted by Gasteiger charge is -2.34. The predicted octanol–water partition coefficient (Wildman–Crippen LogP) is 6.48. The lowest BCUT2D eigenvalue weighted by molar-refractivity contribution is 0.365. The minimum absolute atomic E-state index is 0.00384. The van der Waals surface area contributed by atoms with Gasteiger partial charge in [-0.1, -0.05) is 65.8 Å². The highest BCUT2D eigenvalue weighted by atomic mass is 16.5. The minimum Gasteiger partial charge on any atom is -0.496 e. The molecule has 0 aromatic heterocycles. The zero-order valence-corrected chi connectivity index (χ0v) is 19.5. The Labute approximate surface area is 176 Å². The Morgan fingerprint density at radius 3 is 1.34 bits per heavy atom. The quantitative estimate of drug-likeness (QED) is 0.582. The monoisotopic (exact) mass is 392 g/mol. The molecule has 0 fully saturated rings. The van der Waals surface area contributed by atoms with Gasteiger partial charge in [0.2, 0.25) is 0 Å². The number of benzene rings is 2. The van der Waals surface area contributed by atoms with E-state index in [2.05, 4.69) is 65.8 Å². The van der Waals surface area contributed by atoms with E-state index in [1.807, 2.05) is 14.2 Å². The Hall–Kier alpha value is -1.96. The highest BCUT2D eigenvalue weighted by Gasteiger charge is 2.50. The number of aryl methyl sites for hydroxylation is 2. The number of methoxy groups -OCH3 is 2. The molecule has 2 aliphatic carbocycles. The van der Waals surface area contributed by atoms with Gasteiger partial charge in [-0.15, -0.1) is 0 Å². The van der Waals surface area contributed by atoms with E-state index in [4.69, 9.17) is 9.47 Å². The summed E-state index contributed by atoms with van der Waals surface area (Å²) in [7, 11) is 3.69. The number of ether oxygens (including phenoxy) is 2. The van der Waals surface area contributed by atoms with E-state index in [0.29, 0.717) is 0 Å². The maximum Gasteiger partial charge on any atom is 0.126 e. The minimum atomic E-state index is 0.00384. The molecule has 0 heterocycles. The maximum atomic E-state index is 6.15. The molecule has 0 atom stereocenters. The van der Waals surface area contributed by atoms with Crippen LogP contribution in [0.25, 0.3) is 0 Å². The van der Waals surface area contributed by atoms with Crippen molar-refractivity contribution in [1.29, 1.82) is 0 Å². The van der Waals surface area contributed by atoms with Gasteiger partial charge in [-0.05, 0) is 58.8 Å². The predicted molar refractivity (Wildman–Crippen MR) is 121 cm³/mol. The summed E-state index contributed by atoms with van der Waals surface area (Å²) in [6.45, 7) is 13.7. The van der Waals surface area contributed by atoms with Crippen LogP contribution in [-0.4, -0.2) is 14.2 Å². The maximum absolute atomic E-state index is 6.15. The summed E-state index contributed by atoms with van der Waals surface area (Å²) in [6, 6.07) is 9.28. The van der Waals surface area contributed by atoms with Gasteiger partial charge in [0, 0.05) is 16.5 Å². The summed E-state index contributed by atoms with van der Waals surface area (Å²) in [6.07, 6.45) is 4.50. The fourth-order valence-corrected chi connectivity index (χ4v) is 5.76. The van der Waals surface area contributed by atoms with Crippen molar-refractivity contribution in [2.75, 3.05) is 14.2 Å². The van der Waals surface area contributed by atoms with Crippen LogP contribution in [0.4, 0.5) is 0 Å². The molecule has 0 N–H and O–H groups in total. The van der Waals surface area contributed by atoms with E-state index in [1.165, 1.54) is 33.4 Å². The van der Waals surface area contributed by atoms with Crippen molar-refractivity contribution >= 4 is 0 Å². The van der Waals surface area contributed by atoms with Gasteiger partial charge in [-0.3, -0.25) is 0 Å². The Bertz CT molecular complexity index is 874. The van der Waals surface area contributed by atoms with Gasteiger partial charge < -0.3 is 9.47 Å². The van der Waals surface area contributed by atoms with Crippen LogP contribution in [0.5, 0.6) is 11.5 Å². The molecule has 2 heteroatoms. The Balaban J connectivity index is 2.04. The molecule has 0 radical (unpaired) electrons. The zero-order valence-electron chi connectivity index (χ0n) is 19.5. The fourth-order valence-electron chi connectivity index (χ4n) is 5.76. The Kier molecular flexibility index (Phi) is 4.57. The first-order valence-corrected chi connectivity index (χ1v) is 11.0. The summed E-state index contributed by atoms with van der Waals surface area (Å²) >= 11 is 0. The van der Waals surface area contributed by atoms with E-state index in [9.17, 15) is 0 Å². The standard InChI is InChI=1S/C27H36O2/c1-25(2,3)19-11-9-17-13-15-27(21(17)23(19)28-7)16-14-18-10-12-20(26(4,5)6)24(29-8)22(18)27/h9-12H,13-16H2,1-8H3. The molecule has 1 spiro atoms. The van der Waals surface area contributed by atoms with Crippen molar-refractivity contribution in [2.24, 2.45) is 0 Å². The summed E-state index contributed by atoms with van der Waals surface area (Å²) in [4.78, 5) is 0. The molecule has 0 aliphatic heterocycles. The molecular formula is C27H36O2. The van der Waals surface area contributed by atoms with Gasteiger partial charge in [-0.25, -0.2) is 0 Å². The molecule has 2 aromatic rings. The number of fused-ring (bicyclic) bond motifs is 4. The van der Waals surface area contributed by atoms with Crippen LogP contribution < -0.4 is 9.47 Å². The third-order valence-corrected chi connectivity index (χ3v) is 7.11. The molecule has 0 saturated carbocycles. The normalized spacial score (nSPS) is 17.4. The van der Waals surface area contributed by atoms with E-state index < -0.39 is 0 Å². The van der Waals surface area contributed by atoms with Gasteiger partial charge in [0.05, 0.1) is 14.2 Å². The average Bonchev–Trinajstić information content (AvgIpc) is 3.21. The van der Waals surface area contributed by atoms with E-state index in [-0.39, 0.29) is 16.2 Å². The molecule has 0 unspecified atom stereocenters. The van der Waals surface area contributed by atoms with Gasteiger partial charge in [-0.2, -0.15) is 0 Å². The molecule has 0 saturated heterocycles. The lowest BCUT2D eigenvalue weighted by atomic mass is 9.72. The number of hydrogen-bond donors (Lipinski definition) is 0. The van der Waals surface area contributed by atoms with Crippen LogP contribution in [-0.2, 0) is 29.1 Å². The zero-order chi connectivity index (χ0) is 21.2. The molecule has 4 rings (SSSR count). The van der Waals surface area contributed by atoms with Crippen LogP contribution in [0.1, 0.15) is 87.8 Å². The van der Waals surface area contributed by atoms with Crippen molar-refractivity contribution in [3.63, 3.8) is 0 Å². The summed E-state index contributed by atoms with van der Waals surface area (Å²) < 4.78 is 12.3. The van der Waals surface area contributed by atoms with Crippen LogP contribution >= 0.6 is 0 Å². The third-order valence-electron chi connectivity index (χ3n) is 7.11. The first kappa shape index (κ1) is 20.3. The topological polar surface area (TPSA) is 18.5 Å². The summed E-state index contributed by atoms with van der Waals surface area (Å²) in [5.74, 6) is 2.20. The molecule has 0 bridgehead atoms. The van der Waals surface area contributed by atoms with Crippen LogP contribution in [0, 0.1) is 0 Å². The van der Waals surface area contributed by atoms with Crippen molar-refractivity contribution in [1.82, 2.24) is 0 Å². The second kappa shape index (κ2) is 6.52. The van der Waals surface area contributed by atoms with E-state index in [0.717, 1.165) is 37.2 Å². The third kappa shape index (κ3) is 2.90. The molecule has 29 heavy (non-hydrogen) atoms. The van der Waals surface area contributed by atoms with Crippen LogP contribution in [0.15, 0.2) is 24.3 Å². The van der Waals surface area contributed by atoms with Crippen molar-refractivity contribution in [2.45, 2.75) is 83.5 Å². The molecule has 2 nitrogen and oxygen atoms in total. The average molecular weight is 393 g/mol. The smallest absolute Gasteiger partial charge is 0.126 e. The van der Waals surface area contributed by atoms with Crippen molar-refractivity contribution in [3.8, 4) is 11.5 Å².